The molecule has 0 saturated carbocycles. The van der Waals surface area contributed by atoms with Crippen molar-refractivity contribution in [3.8, 4) is 23.2 Å². The summed E-state index contributed by atoms with van der Waals surface area (Å²) in [6.07, 6.45) is 2.83. The van der Waals surface area contributed by atoms with Crippen LogP contribution in [0.25, 0.3) is 11.3 Å². The number of aliphatic imine (C=N–C) groups is 1. The molecule has 2 aromatic carbocycles. The Kier molecular flexibility index (Phi) is 5.41. The van der Waals surface area contributed by atoms with Gasteiger partial charge in [-0.15, -0.1) is 0 Å². The second-order valence-electron chi connectivity index (χ2n) is 6.57. The summed E-state index contributed by atoms with van der Waals surface area (Å²) in [6, 6.07) is 14.2. The number of aromatic nitrogens is 1. The lowest BCUT2D eigenvalue weighted by molar-refractivity contribution is -0.124. The largest absolute Gasteiger partial charge is 0.478 e. The molecule has 0 radical (unpaired) electrons. The number of hydrogen-bond acceptors (Lipinski definition) is 6. The summed E-state index contributed by atoms with van der Waals surface area (Å²) in [4.78, 5) is 44.7. The molecule has 1 unspecified atom stereocenters. The third-order valence-corrected chi connectivity index (χ3v) is 4.48. The van der Waals surface area contributed by atoms with Crippen LogP contribution in [0.15, 0.2) is 70.2 Å². The molecule has 3 aromatic rings. The number of imide groups is 1. The number of benzene rings is 2. The van der Waals surface area contributed by atoms with Gasteiger partial charge in [0.15, 0.2) is 11.8 Å². The van der Waals surface area contributed by atoms with Crippen LogP contribution in [0.1, 0.15) is 15.9 Å². The smallest absolute Gasteiger partial charge is 0.335 e. The Bertz CT molecular complexity index is 1230. The number of carboxylic acids is 1. The summed E-state index contributed by atoms with van der Waals surface area (Å²) < 4.78 is 5.59. The molecule has 2 heterocycles. The normalized spacial score (nSPS) is 15.5. The molecule has 1 atom stereocenters. The Morgan fingerprint density at radius 2 is 1.84 bits per heavy atom. The van der Waals surface area contributed by atoms with Crippen LogP contribution in [0.4, 0.5) is 6.01 Å². The fourth-order valence-electron chi connectivity index (χ4n) is 2.90. The van der Waals surface area contributed by atoms with Crippen LogP contribution in [-0.2, 0) is 16.0 Å². The van der Waals surface area contributed by atoms with Gasteiger partial charge in [0.2, 0.25) is 0 Å². The average Bonchev–Trinajstić information content (AvgIpc) is 3.26. The number of rotatable bonds is 4. The summed E-state index contributed by atoms with van der Waals surface area (Å²) in [5.41, 5.74) is 1.67. The molecule has 1 aliphatic rings. The van der Waals surface area contributed by atoms with E-state index in [1.165, 1.54) is 18.3 Å². The first-order chi connectivity index (χ1) is 15.0. The highest BCUT2D eigenvalue weighted by atomic mass is 16.4. The fraction of sp³-hybridized carbons (Fsp3) is 0.0870. The lowest BCUT2D eigenvalue weighted by Crippen LogP contribution is -2.46. The van der Waals surface area contributed by atoms with E-state index >= 15 is 0 Å². The molecule has 8 heteroatoms. The Balaban J connectivity index is 1.53. The number of carboxylic acid groups (broad SMARTS) is 1. The van der Waals surface area contributed by atoms with E-state index in [-0.39, 0.29) is 17.3 Å². The average molecular weight is 413 g/mol. The second-order valence-corrected chi connectivity index (χ2v) is 6.57. The summed E-state index contributed by atoms with van der Waals surface area (Å²) in [5, 5.41) is 8.99. The van der Waals surface area contributed by atoms with Crippen molar-refractivity contribution in [3.63, 3.8) is 0 Å². The number of nitrogens with zero attached hydrogens (tertiary/aromatic N) is 3. The van der Waals surface area contributed by atoms with E-state index in [2.05, 4.69) is 21.8 Å². The van der Waals surface area contributed by atoms with Crippen molar-refractivity contribution in [2.75, 3.05) is 4.90 Å². The Morgan fingerprint density at radius 1 is 1.10 bits per heavy atom. The van der Waals surface area contributed by atoms with Crippen molar-refractivity contribution in [2.45, 2.75) is 12.5 Å². The number of oxazole rings is 1. The molecule has 8 nitrogen and oxygen atoms in total. The van der Waals surface area contributed by atoms with Crippen LogP contribution < -0.4 is 4.90 Å². The molecule has 1 aromatic heterocycles. The van der Waals surface area contributed by atoms with E-state index in [0.29, 0.717) is 12.0 Å². The van der Waals surface area contributed by atoms with E-state index in [1.807, 2.05) is 30.3 Å². The van der Waals surface area contributed by atoms with Gasteiger partial charge in [-0.1, -0.05) is 54.3 Å². The minimum absolute atomic E-state index is 0.123. The lowest BCUT2D eigenvalue weighted by Gasteiger charge is -2.20. The maximum absolute atomic E-state index is 12.8. The minimum atomic E-state index is -1.05. The molecule has 0 saturated heterocycles. The van der Waals surface area contributed by atoms with Crippen LogP contribution in [0.2, 0.25) is 0 Å². The maximum Gasteiger partial charge on any atom is 0.335 e. The van der Waals surface area contributed by atoms with Crippen molar-refractivity contribution in [3.05, 3.63) is 71.9 Å². The molecular formula is C23H15N3O5. The monoisotopic (exact) mass is 413 g/mol. The standard InChI is InChI=1S/C23H15N3O5/c27-20-14-24-18(8-4-7-15-5-2-1-3-6-15)21(28)26(20)23-25-13-19(31-23)16-9-11-17(12-10-16)22(29)30/h1-3,5-6,9-14,18H,7H2,(H,29,30). The highest BCUT2D eigenvalue weighted by Gasteiger charge is 2.35. The molecule has 0 fully saturated rings. The first-order valence-corrected chi connectivity index (χ1v) is 9.26. The van der Waals surface area contributed by atoms with Crippen molar-refractivity contribution in [2.24, 2.45) is 4.99 Å². The van der Waals surface area contributed by atoms with Gasteiger partial charge in [0, 0.05) is 12.0 Å². The van der Waals surface area contributed by atoms with Crippen molar-refractivity contribution >= 4 is 30.0 Å². The van der Waals surface area contributed by atoms with Crippen LogP contribution >= 0.6 is 0 Å². The summed E-state index contributed by atoms with van der Waals surface area (Å²) >= 11 is 0. The molecule has 31 heavy (non-hydrogen) atoms. The lowest BCUT2D eigenvalue weighted by atomic mass is 10.1. The summed E-state index contributed by atoms with van der Waals surface area (Å²) in [6.45, 7) is 0. The predicted octanol–water partition coefficient (Wildman–Crippen LogP) is 2.60. The fourth-order valence-corrected chi connectivity index (χ4v) is 2.90. The van der Waals surface area contributed by atoms with Gasteiger partial charge < -0.3 is 9.52 Å². The topological polar surface area (TPSA) is 113 Å². The number of amides is 2. The van der Waals surface area contributed by atoms with Crippen LogP contribution in [0.3, 0.4) is 0 Å². The van der Waals surface area contributed by atoms with Crippen LogP contribution in [0, 0.1) is 11.8 Å². The highest BCUT2D eigenvalue weighted by Crippen LogP contribution is 2.26. The third-order valence-electron chi connectivity index (χ3n) is 4.48. The van der Waals surface area contributed by atoms with E-state index in [4.69, 9.17) is 9.52 Å². The van der Waals surface area contributed by atoms with E-state index in [0.717, 1.165) is 16.7 Å². The van der Waals surface area contributed by atoms with Gasteiger partial charge in [0.05, 0.1) is 18.0 Å². The molecule has 152 valence electrons. The van der Waals surface area contributed by atoms with Gasteiger partial charge in [0.25, 0.3) is 11.8 Å². The molecule has 1 N–H and O–H groups in total. The zero-order chi connectivity index (χ0) is 21.8. The molecule has 2 amide bonds. The quantitative estimate of drug-likeness (QED) is 0.520. The Morgan fingerprint density at radius 3 is 2.55 bits per heavy atom. The number of carbonyl (C=O) groups is 3. The zero-order valence-electron chi connectivity index (χ0n) is 16.1. The molecular weight excluding hydrogens is 398 g/mol. The van der Waals surface area contributed by atoms with Gasteiger partial charge in [-0.05, 0) is 17.7 Å². The van der Waals surface area contributed by atoms with Crippen molar-refractivity contribution in [1.29, 1.82) is 0 Å². The number of carbonyl (C=O) groups excluding carboxylic acids is 2. The van der Waals surface area contributed by atoms with Gasteiger partial charge in [0.1, 0.15) is 0 Å². The first-order valence-electron chi connectivity index (χ1n) is 9.26. The predicted molar refractivity (Wildman–Crippen MR) is 112 cm³/mol. The van der Waals surface area contributed by atoms with Gasteiger partial charge >= 0.3 is 12.0 Å². The van der Waals surface area contributed by atoms with E-state index in [9.17, 15) is 14.4 Å². The molecule has 4 rings (SSSR count). The van der Waals surface area contributed by atoms with Crippen molar-refractivity contribution < 1.29 is 23.9 Å². The maximum atomic E-state index is 12.8. The Labute approximate surface area is 176 Å². The van der Waals surface area contributed by atoms with E-state index in [1.54, 1.807) is 12.1 Å². The van der Waals surface area contributed by atoms with Crippen molar-refractivity contribution in [1.82, 2.24) is 4.98 Å². The zero-order valence-corrected chi connectivity index (χ0v) is 16.1. The van der Waals surface area contributed by atoms with Crippen LogP contribution in [-0.4, -0.2) is 40.1 Å². The van der Waals surface area contributed by atoms with Crippen LogP contribution in [0.5, 0.6) is 0 Å². The minimum Gasteiger partial charge on any atom is -0.478 e. The Hall–Kier alpha value is -4.51. The summed E-state index contributed by atoms with van der Waals surface area (Å²) in [5.74, 6) is 3.59. The number of aromatic carboxylic acids is 1. The number of anilines is 1. The SMILES string of the molecule is O=C(O)c1ccc(-c2cnc(N3C(=O)C=NC(C#CCc4ccccc4)C3=O)o2)cc1. The van der Waals surface area contributed by atoms with Gasteiger partial charge in [-0.25, -0.2) is 9.78 Å². The molecule has 0 aliphatic carbocycles. The highest BCUT2D eigenvalue weighted by molar-refractivity contribution is 6.41. The summed E-state index contributed by atoms with van der Waals surface area (Å²) in [7, 11) is 0. The first kappa shape index (κ1) is 19.8. The molecule has 0 bridgehead atoms. The third kappa shape index (κ3) is 4.26. The van der Waals surface area contributed by atoms with E-state index < -0.39 is 23.8 Å². The molecule has 1 aliphatic heterocycles. The van der Waals surface area contributed by atoms with Gasteiger partial charge in [-0.3, -0.25) is 14.6 Å². The second kappa shape index (κ2) is 8.47. The number of hydrogen-bond donors (Lipinski definition) is 1. The molecule has 0 spiro atoms. The van der Waals surface area contributed by atoms with Gasteiger partial charge in [-0.2, -0.15) is 4.90 Å².